The quantitative estimate of drug-likeness (QED) is 0.718. The van der Waals surface area contributed by atoms with Crippen molar-refractivity contribution in [2.24, 2.45) is 0 Å². The molecule has 0 fully saturated rings. The van der Waals surface area contributed by atoms with Crippen molar-refractivity contribution in [3.05, 3.63) is 47.2 Å². The Bertz CT molecular complexity index is 833. The van der Waals surface area contributed by atoms with Crippen LogP contribution in [-0.2, 0) is 0 Å². The van der Waals surface area contributed by atoms with Crippen LogP contribution >= 0.6 is 11.3 Å². The van der Waals surface area contributed by atoms with Crippen LogP contribution in [0.25, 0.3) is 10.2 Å². The van der Waals surface area contributed by atoms with Gasteiger partial charge in [0.1, 0.15) is 0 Å². The SMILES string of the molecule is CCCNC(=O)c1nc(NC(C)c2ccccn2)nc2ccsc12. The summed E-state index contributed by atoms with van der Waals surface area (Å²) in [5.74, 6) is 0.265. The highest BCUT2D eigenvalue weighted by molar-refractivity contribution is 7.17. The maximum atomic E-state index is 12.4. The average molecular weight is 341 g/mol. The van der Waals surface area contributed by atoms with Gasteiger partial charge in [-0.1, -0.05) is 13.0 Å². The minimum atomic E-state index is -0.166. The second kappa shape index (κ2) is 7.35. The Labute approximate surface area is 144 Å². The molecule has 124 valence electrons. The fourth-order valence-corrected chi connectivity index (χ4v) is 3.12. The molecule has 0 saturated carbocycles. The van der Waals surface area contributed by atoms with Crippen LogP contribution < -0.4 is 10.6 Å². The Hall–Kier alpha value is -2.54. The lowest BCUT2D eigenvalue weighted by Gasteiger charge is -2.14. The van der Waals surface area contributed by atoms with Crippen LogP contribution in [-0.4, -0.2) is 27.4 Å². The van der Waals surface area contributed by atoms with Crippen molar-refractivity contribution in [1.82, 2.24) is 20.3 Å². The minimum Gasteiger partial charge on any atom is -0.351 e. The summed E-state index contributed by atoms with van der Waals surface area (Å²) in [6.07, 6.45) is 2.63. The fourth-order valence-electron chi connectivity index (χ4n) is 2.30. The Balaban J connectivity index is 1.90. The summed E-state index contributed by atoms with van der Waals surface area (Å²) in [7, 11) is 0. The van der Waals surface area contributed by atoms with Gasteiger partial charge in [0.25, 0.3) is 5.91 Å². The largest absolute Gasteiger partial charge is 0.351 e. The topological polar surface area (TPSA) is 79.8 Å². The third kappa shape index (κ3) is 3.51. The smallest absolute Gasteiger partial charge is 0.271 e. The molecule has 0 saturated heterocycles. The lowest BCUT2D eigenvalue weighted by molar-refractivity contribution is 0.0950. The van der Waals surface area contributed by atoms with Gasteiger partial charge in [0.05, 0.1) is 22.0 Å². The van der Waals surface area contributed by atoms with Crippen molar-refractivity contribution in [2.45, 2.75) is 26.3 Å². The van der Waals surface area contributed by atoms with Gasteiger partial charge >= 0.3 is 0 Å². The van der Waals surface area contributed by atoms with Gasteiger partial charge in [0, 0.05) is 12.7 Å². The van der Waals surface area contributed by atoms with E-state index in [-0.39, 0.29) is 11.9 Å². The normalized spacial score (nSPS) is 12.1. The molecule has 0 aliphatic rings. The molecular weight excluding hydrogens is 322 g/mol. The lowest BCUT2D eigenvalue weighted by atomic mass is 10.2. The number of carbonyl (C=O) groups excluding carboxylic acids is 1. The van der Waals surface area contributed by atoms with Gasteiger partial charge in [0.2, 0.25) is 5.95 Å². The number of hydrogen-bond donors (Lipinski definition) is 2. The molecule has 2 N–H and O–H groups in total. The van der Waals surface area contributed by atoms with Crippen LogP contribution in [0, 0.1) is 0 Å². The summed E-state index contributed by atoms with van der Waals surface area (Å²) in [5.41, 5.74) is 2.08. The molecule has 0 radical (unpaired) electrons. The van der Waals surface area contributed by atoms with E-state index < -0.39 is 0 Å². The second-order valence-electron chi connectivity index (χ2n) is 5.41. The molecule has 7 heteroatoms. The Morgan fingerprint density at radius 3 is 2.92 bits per heavy atom. The van der Waals surface area contributed by atoms with E-state index in [1.54, 1.807) is 6.20 Å². The third-order valence-corrected chi connectivity index (χ3v) is 4.44. The van der Waals surface area contributed by atoms with E-state index in [2.05, 4.69) is 25.6 Å². The first-order valence-electron chi connectivity index (χ1n) is 7.90. The summed E-state index contributed by atoms with van der Waals surface area (Å²) in [6.45, 7) is 4.63. The molecule has 3 rings (SSSR count). The molecule has 1 atom stereocenters. The van der Waals surface area contributed by atoms with Crippen LogP contribution in [0.1, 0.15) is 42.5 Å². The van der Waals surface area contributed by atoms with E-state index in [4.69, 9.17) is 0 Å². The monoisotopic (exact) mass is 341 g/mol. The summed E-state index contributed by atoms with van der Waals surface area (Å²) in [4.78, 5) is 25.7. The number of fused-ring (bicyclic) bond motifs is 1. The Morgan fingerprint density at radius 2 is 2.17 bits per heavy atom. The number of nitrogens with zero attached hydrogens (tertiary/aromatic N) is 3. The molecule has 0 spiro atoms. The van der Waals surface area contributed by atoms with Gasteiger partial charge in [-0.05, 0) is 36.9 Å². The molecule has 24 heavy (non-hydrogen) atoms. The third-order valence-electron chi connectivity index (χ3n) is 3.53. The van der Waals surface area contributed by atoms with E-state index in [9.17, 15) is 4.79 Å². The van der Waals surface area contributed by atoms with Crippen LogP contribution in [0.15, 0.2) is 35.8 Å². The molecule has 3 aromatic heterocycles. The summed E-state index contributed by atoms with van der Waals surface area (Å²) < 4.78 is 0.805. The van der Waals surface area contributed by atoms with Crippen molar-refractivity contribution in [1.29, 1.82) is 0 Å². The van der Waals surface area contributed by atoms with E-state index in [0.29, 0.717) is 18.2 Å². The molecular formula is C17H19N5OS. The van der Waals surface area contributed by atoms with E-state index >= 15 is 0 Å². The number of thiophene rings is 1. The van der Waals surface area contributed by atoms with Crippen molar-refractivity contribution in [2.75, 3.05) is 11.9 Å². The van der Waals surface area contributed by atoms with Gasteiger partial charge in [-0.25, -0.2) is 9.97 Å². The average Bonchev–Trinajstić information content (AvgIpc) is 3.08. The number of pyridine rings is 1. The summed E-state index contributed by atoms with van der Waals surface area (Å²) >= 11 is 1.47. The molecule has 0 aliphatic heterocycles. The zero-order valence-corrected chi connectivity index (χ0v) is 14.4. The van der Waals surface area contributed by atoms with Gasteiger partial charge in [-0.3, -0.25) is 9.78 Å². The van der Waals surface area contributed by atoms with Crippen molar-refractivity contribution in [3.8, 4) is 0 Å². The standard InChI is InChI=1S/C17H19N5OS/c1-3-8-19-16(23)14-15-13(7-10-24-15)21-17(22-14)20-11(2)12-6-4-5-9-18-12/h4-7,9-11H,3,8H2,1-2H3,(H,19,23)(H,20,21,22). The van der Waals surface area contributed by atoms with Crippen molar-refractivity contribution >= 4 is 33.4 Å². The molecule has 3 heterocycles. The first kappa shape index (κ1) is 16.3. The first-order chi connectivity index (χ1) is 11.7. The number of carbonyl (C=O) groups is 1. The molecule has 1 unspecified atom stereocenters. The molecule has 6 nitrogen and oxygen atoms in total. The number of rotatable bonds is 6. The molecule has 3 aromatic rings. The second-order valence-corrected chi connectivity index (χ2v) is 6.32. The zero-order chi connectivity index (χ0) is 16.9. The first-order valence-corrected chi connectivity index (χ1v) is 8.78. The fraction of sp³-hybridized carbons (Fsp3) is 0.294. The highest BCUT2D eigenvalue weighted by atomic mass is 32.1. The molecule has 0 bridgehead atoms. The minimum absolute atomic E-state index is 0.0613. The van der Waals surface area contributed by atoms with Gasteiger partial charge in [-0.2, -0.15) is 0 Å². The van der Waals surface area contributed by atoms with E-state index in [1.807, 2.05) is 43.5 Å². The van der Waals surface area contributed by atoms with Gasteiger partial charge < -0.3 is 10.6 Å². The predicted molar refractivity (Wildman–Crippen MR) is 96.3 cm³/mol. The zero-order valence-electron chi connectivity index (χ0n) is 13.6. The Kier molecular flexibility index (Phi) is 5.00. The van der Waals surface area contributed by atoms with Crippen LogP contribution in [0.4, 0.5) is 5.95 Å². The van der Waals surface area contributed by atoms with E-state index in [0.717, 1.165) is 22.3 Å². The Morgan fingerprint density at radius 1 is 1.29 bits per heavy atom. The highest BCUT2D eigenvalue weighted by Crippen LogP contribution is 2.25. The predicted octanol–water partition coefficient (Wildman–Crippen LogP) is 3.40. The van der Waals surface area contributed by atoms with Crippen LogP contribution in [0.2, 0.25) is 0 Å². The highest BCUT2D eigenvalue weighted by Gasteiger charge is 2.17. The maximum Gasteiger partial charge on any atom is 0.271 e. The van der Waals surface area contributed by atoms with Gasteiger partial charge in [-0.15, -0.1) is 11.3 Å². The number of amides is 1. The molecule has 0 aliphatic carbocycles. The molecule has 1 amide bonds. The number of aromatic nitrogens is 3. The van der Waals surface area contributed by atoms with Crippen LogP contribution in [0.3, 0.4) is 0 Å². The number of hydrogen-bond acceptors (Lipinski definition) is 6. The van der Waals surface area contributed by atoms with Crippen molar-refractivity contribution in [3.63, 3.8) is 0 Å². The maximum absolute atomic E-state index is 12.4. The summed E-state index contributed by atoms with van der Waals surface area (Å²) in [5, 5.41) is 8.03. The van der Waals surface area contributed by atoms with Crippen molar-refractivity contribution < 1.29 is 4.79 Å². The molecule has 0 aromatic carbocycles. The summed E-state index contributed by atoms with van der Waals surface area (Å²) in [6, 6.07) is 7.59. The van der Waals surface area contributed by atoms with Gasteiger partial charge in [0.15, 0.2) is 5.69 Å². The number of nitrogens with one attached hydrogen (secondary N) is 2. The van der Waals surface area contributed by atoms with Crippen LogP contribution in [0.5, 0.6) is 0 Å². The van der Waals surface area contributed by atoms with E-state index in [1.165, 1.54) is 11.3 Å². The number of anilines is 1. The lowest BCUT2D eigenvalue weighted by Crippen LogP contribution is -2.25.